The molecule has 16 heavy (non-hydrogen) atoms. The van der Waals surface area contributed by atoms with Crippen LogP contribution in [0.2, 0.25) is 0 Å². The Kier molecular flexibility index (Phi) is 3.77. The molecule has 1 rings (SSSR count). The predicted octanol–water partition coefficient (Wildman–Crippen LogP) is 2.27. The second-order valence-electron chi connectivity index (χ2n) is 4.42. The van der Waals surface area contributed by atoms with E-state index in [4.69, 9.17) is 0 Å². The van der Waals surface area contributed by atoms with Crippen LogP contribution in [0.25, 0.3) is 0 Å². The van der Waals surface area contributed by atoms with E-state index in [2.05, 4.69) is 0 Å². The highest BCUT2D eigenvalue weighted by atomic mass is 16.6. The second-order valence-corrected chi connectivity index (χ2v) is 4.42. The summed E-state index contributed by atoms with van der Waals surface area (Å²) in [6.07, 6.45) is 0.786. The average Bonchev–Trinajstić information content (AvgIpc) is 2.27. The SMILES string of the molecule is CC(C)(C=O)[C@@H](C[N+](=O)[O-])c1ccccc1. The van der Waals surface area contributed by atoms with Crippen LogP contribution in [0.4, 0.5) is 0 Å². The molecular weight excluding hydrogens is 206 g/mol. The van der Waals surface area contributed by atoms with Crippen molar-refractivity contribution in [3.05, 3.63) is 46.0 Å². The Morgan fingerprint density at radius 1 is 1.38 bits per heavy atom. The third-order valence-corrected chi connectivity index (χ3v) is 2.74. The van der Waals surface area contributed by atoms with E-state index in [-0.39, 0.29) is 17.4 Å². The monoisotopic (exact) mass is 221 g/mol. The molecule has 0 radical (unpaired) electrons. The Labute approximate surface area is 94.4 Å². The number of carbonyl (C=O) groups excluding carboxylic acids is 1. The van der Waals surface area contributed by atoms with Gasteiger partial charge in [-0.25, -0.2) is 0 Å². The highest BCUT2D eigenvalue weighted by molar-refractivity contribution is 5.60. The number of hydrogen-bond acceptors (Lipinski definition) is 3. The van der Waals surface area contributed by atoms with E-state index in [0.29, 0.717) is 0 Å². The first-order valence-electron chi connectivity index (χ1n) is 5.10. The highest BCUT2D eigenvalue weighted by Crippen LogP contribution is 2.33. The predicted molar refractivity (Wildman–Crippen MR) is 60.9 cm³/mol. The fourth-order valence-electron chi connectivity index (χ4n) is 1.69. The van der Waals surface area contributed by atoms with Gasteiger partial charge in [0.2, 0.25) is 6.54 Å². The minimum absolute atomic E-state index is 0.226. The van der Waals surface area contributed by atoms with E-state index in [9.17, 15) is 14.9 Å². The number of rotatable bonds is 5. The van der Waals surface area contributed by atoms with E-state index in [1.54, 1.807) is 13.8 Å². The Hall–Kier alpha value is -1.71. The van der Waals surface area contributed by atoms with Crippen molar-refractivity contribution in [2.24, 2.45) is 5.41 Å². The second kappa shape index (κ2) is 4.88. The Morgan fingerprint density at radius 3 is 2.38 bits per heavy atom. The molecule has 0 aromatic heterocycles. The minimum Gasteiger partial charge on any atom is -0.303 e. The zero-order valence-electron chi connectivity index (χ0n) is 9.42. The van der Waals surface area contributed by atoms with Gasteiger partial charge in [-0.3, -0.25) is 10.1 Å². The van der Waals surface area contributed by atoms with Gasteiger partial charge in [-0.05, 0) is 5.56 Å². The quantitative estimate of drug-likeness (QED) is 0.435. The smallest absolute Gasteiger partial charge is 0.211 e. The van der Waals surface area contributed by atoms with Gasteiger partial charge in [-0.15, -0.1) is 0 Å². The molecule has 0 heterocycles. The molecule has 0 saturated carbocycles. The normalized spacial score (nSPS) is 13.1. The van der Waals surface area contributed by atoms with Crippen molar-refractivity contribution in [3.8, 4) is 0 Å². The zero-order valence-corrected chi connectivity index (χ0v) is 9.42. The van der Waals surface area contributed by atoms with E-state index < -0.39 is 5.41 Å². The van der Waals surface area contributed by atoms with E-state index >= 15 is 0 Å². The number of aldehydes is 1. The van der Waals surface area contributed by atoms with E-state index in [1.807, 2.05) is 30.3 Å². The van der Waals surface area contributed by atoms with Crippen molar-refractivity contribution in [2.75, 3.05) is 6.54 Å². The van der Waals surface area contributed by atoms with Gasteiger partial charge in [0.1, 0.15) is 6.29 Å². The summed E-state index contributed by atoms with van der Waals surface area (Å²) in [7, 11) is 0. The topological polar surface area (TPSA) is 60.2 Å². The highest BCUT2D eigenvalue weighted by Gasteiger charge is 2.34. The fourth-order valence-corrected chi connectivity index (χ4v) is 1.69. The number of nitro groups is 1. The van der Waals surface area contributed by atoms with Crippen molar-refractivity contribution in [3.63, 3.8) is 0 Å². The van der Waals surface area contributed by atoms with Gasteiger partial charge >= 0.3 is 0 Å². The number of carbonyl (C=O) groups is 1. The van der Waals surface area contributed by atoms with Gasteiger partial charge in [-0.2, -0.15) is 0 Å². The summed E-state index contributed by atoms with van der Waals surface area (Å²) >= 11 is 0. The maximum Gasteiger partial charge on any atom is 0.211 e. The van der Waals surface area contributed by atoms with Gasteiger partial charge in [0, 0.05) is 10.3 Å². The van der Waals surface area contributed by atoms with Crippen LogP contribution >= 0.6 is 0 Å². The summed E-state index contributed by atoms with van der Waals surface area (Å²) in [6, 6.07) is 9.13. The Bertz CT molecular complexity index is 373. The molecule has 0 N–H and O–H groups in total. The minimum atomic E-state index is -0.728. The number of hydrogen-bond donors (Lipinski definition) is 0. The zero-order chi connectivity index (χ0) is 12.2. The van der Waals surface area contributed by atoms with E-state index in [0.717, 1.165) is 11.8 Å². The van der Waals surface area contributed by atoms with Crippen molar-refractivity contribution < 1.29 is 9.72 Å². The molecular formula is C12H15NO3. The van der Waals surface area contributed by atoms with Gasteiger partial charge in [0.05, 0.1) is 5.92 Å². The lowest BCUT2D eigenvalue weighted by Crippen LogP contribution is -2.29. The first-order chi connectivity index (χ1) is 7.47. The van der Waals surface area contributed by atoms with Crippen LogP contribution in [0.5, 0.6) is 0 Å². The first kappa shape index (κ1) is 12.4. The molecule has 4 nitrogen and oxygen atoms in total. The first-order valence-corrected chi connectivity index (χ1v) is 5.10. The molecule has 1 aromatic carbocycles. The maximum absolute atomic E-state index is 11.0. The summed E-state index contributed by atoms with van der Waals surface area (Å²) in [5.74, 6) is -0.388. The molecule has 0 bridgehead atoms. The van der Waals surface area contributed by atoms with Crippen molar-refractivity contribution in [1.82, 2.24) is 0 Å². The lowest BCUT2D eigenvalue weighted by Gasteiger charge is -2.26. The largest absolute Gasteiger partial charge is 0.303 e. The van der Waals surface area contributed by atoms with Gasteiger partial charge in [-0.1, -0.05) is 44.2 Å². The molecule has 0 spiro atoms. The standard InChI is InChI=1S/C12H15NO3/c1-12(2,9-14)11(8-13(15)16)10-6-4-3-5-7-10/h3-7,9,11H,8H2,1-2H3/t11-/m0/s1. The lowest BCUT2D eigenvalue weighted by molar-refractivity contribution is -0.485. The van der Waals surface area contributed by atoms with E-state index in [1.165, 1.54) is 0 Å². The van der Waals surface area contributed by atoms with Crippen LogP contribution in [0.15, 0.2) is 30.3 Å². The number of benzene rings is 1. The van der Waals surface area contributed by atoms with Gasteiger partial charge < -0.3 is 4.79 Å². The molecule has 0 unspecified atom stereocenters. The van der Waals surface area contributed by atoms with Crippen LogP contribution < -0.4 is 0 Å². The third-order valence-electron chi connectivity index (χ3n) is 2.74. The molecule has 0 fully saturated rings. The third kappa shape index (κ3) is 2.89. The molecule has 0 aliphatic heterocycles. The molecule has 1 aromatic rings. The van der Waals surface area contributed by atoms with Crippen LogP contribution in [0.1, 0.15) is 25.3 Å². The number of nitrogens with zero attached hydrogens (tertiary/aromatic N) is 1. The van der Waals surface area contributed by atoms with Crippen LogP contribution in [0, 0.1) is 15.5 Å². The molecule has 0 saturated heterocycles. The summed E-state index contributed by atoms with van der Waals surface area (Å²) < 4.78 is 0. The van der Waals surface area contributed by atoms with Crippen molar-refractivity contribution in [2.45, 2.75) is 19.8 Å². The molecule has 0 amide bonds. The van der Waals surface area contributed by atoms with Crippen molar-refractivity contribution >= 4 is 6.29 Å². The Balaban J connectivity index is 3.06. The van der Waals surface area contributed by atoms with Gasteiger partial charge in [0.25, 0.3) is 0 Å². The lowest BCUT2D eigenvalue weighted by atomic mass is 9.76. The summed E-state index contributed by atoms with van der Waals surface area (Å²) in [4.78, 5) is 21.3. The fraction of sp³-hybridized carbons (Fsp3) is 0.417. The molecule has 4 heteroatoms. The van der Waals surface area contributed by atoms with Crippen LogP contribution in [0.3, 0.4) is 0 Å². The van der Waals surface area contributed by atoms with Gasteiger partial charge in [0.15, 0.2) is 0 Å². The summed E-state index contributed by atoms with van der Waals surface area (Å²) in [5.41, 5.74) is 0.102. The van der Waals surface area contributed by atoms with Crippen LogP contribution in [-0.2, 0) is 4.79 Å². The van der Waals surface area contributed by atoms with Crippen molar-refractivity contribution in [1.29, 1.82) is 0 Å². The average molecular weight is 221 g/mol. The summed E-state index contributed by atoms with van der Waals surface area (Å²) in [5, 5.41) is 10.6. The molecule has 0 aliphatic carbocycles. The van der Waals surface area contributed by atoms with Crippen LogP contribution in [-0.4, -0.2) is 17.8 Å². The Morgan fingerprint density at radius 2 is 1.94 bits per heavy atom. The molecule has 0 aliphatic rings. The maximum atomic E-state index is 11.0. The molecule has 86 valence electrons. The molecule has 1 atom stereocenters. The summed E-state index contributed by atoms with van der Waals surface area (Å²) in [6.45, 7) is 3.22.